The number of allylic oxidation sites excluding steroid dienone is 2. The van der Waals surface area contributed by atoms with Gasteiger partial charge >= 0.3 is 6.18 Å². The largest absolute Gasteiger partial charge is 0.416 e. The quantitative estimate of drug-likeness (QED) is 0.537. The first kappa shape index (κ1) is 19.1. The van der Waals surface area contributed by atoms with Crippen LogP contribution in [-0.4, -0.2) is 12.9 Å². The predicted molar refractivity (Wildman–Crippen MR) is 92.4 cm³/mol. The molecular weight excluding hydrogens is 362 g/mol. The van der Waals surface area contributed by atoms with Crippen LogP contribution in [0.2, 0.25) is 0 Å². The molecule has 1 unspecified atom stereocenters. The van der Waals surface area contributed by atoms with E-state index in [1.165, 1.54) is 54.6 Å². The van der Waals surface area contributed by atoms with Crippen molar-refractivity contribution in [1.29, 1.82) is 0 Å². The van der Waals surface area contributed by atoms with Gasteiger partial charge in [-0.05, 0) is 54.3 Å². The molecular formula is C20H17F4NO2. The Morgan fingerprint density at radius 2 is 1.63 bits per heavy atom. The number of ketones is 1. The first-order chi connectivity index (χ1) is 12.8. The second-order valence-corrected chi connectivity index (χ2v) is 6.28. The minimum Gasteiger partial charge on any atom is -0.295 e. The fourth-order valence-electron chi connectivity index (χ4n) is 3.16. The highest BCUT2D eigenvalue weighted by molar-refractivity contribution is 5.92. The summed E-state index contributed by atoms with van der Waals surface area (Å²) in [7, 11) is 1.43. The van der Waals surface area contributed by atoms with Crippen molar-refractivity contribution in [3.05, 3.63) is 77.2 Å². The number of halogens is 4. The molecule has 0 fully saturated rings. The Bertz CT molecular complexity index is 842. The van der Waals surface area contributed by atoms with Crippen LogP contribution in [0.4, 0.5) is 23.2 Å². The van der Waals surface area contributed by atoms with Crippen LogP contribution in [0.1, 0.15) is 29.9 Å². The van der Waals surface area contributed by atoms with Gasteiger partial charge in [0, 0.05) is 12.5 Å². The van der Waals surface area contributed by atoms with Crippen LogP contribution >= 0.6 is 0 Å². The van der Waals surface area contributed by atoms with E-state index < -0.39 is 17.6 Å². The third kappa shape index (κ3) is 4.36. The number of rotatable bonds is 4. The van der Waals surface area contributed by atoms with E-state index in [-0.39, 0.29) is 18.1 Å². The third-order valence-electron chi connectivity index (χ3n) is 4.44. The molecule has 0 aromatic heterocycles. The van der Waals surface area contributed by atoms with Crippen molar-refractivity contribution in [2.24, 2.45) is 0 Å². The minimum atomic E-state index is -4.40. The van der Waals surface area contributed by atoms with Gasteiger partial charge in [0.05, 0.1) is 24.1 Å². The summed E-state index contributed by atoms with van der Waals surface area (Å²) in [6, 6.07) is 10.4. The Morgan fingerprint density at radius 3 is 2.19 bits per heavy atom. The minimum absolute atomic E-state index is 0.148. The van der Waals surface area contributed by atoms with Gasteiger partial charge in [-0.2, -0.15) is 13.2 Å². The molecule has 0 aliphatic heterocycles. The predicted octanol–water partition coefficient (Wildman–Crippen LogP) is 5.24. The Balaban J connectivity index is 1.84. The maximum atomic E-state index is 13.2. The van der Waals surface area contributed by atoms with E-state index in [0.717, 1.165) is 12.1 Å². The van der Waals surface area contributed by atoms with Gasteiger partial charge in [-0.3, -0.25) is 9.63 Å². The number of hydrogen-bond donors (Lipinski definition) is 0. The van der Waals surface area contributed by atoms with Crippen LogP contribution in [0.5, 0.6) is 0 Å². The first-order valence-electron chi connectivity index (χ1n) is 8.28. The Labute approximate surface area is 153 Å². The summed E-state index contributed by atoms with van der Waals surface area (Å²) in [5.74, 6) is -0.811. The third-order valence-corrected chi connectivity index (χ3v) is 4.44. The number of hydroxylamine groups is 1. The van der Waals surface area contributed by atoms with Crippen molar-refractivity contribution in [2.75, 3.05) is 12.2 Å². The molecule has 27 heavy (non-hydrogen) atoms. The van der Waals surface area contributed by atoms with Crippen LogP contribution in [-0.2, 0) is 15.8 Å². The van der Waals surface area contributed by atoms with Gasteiger partial charge in [0.1, 0.15) is 5.82 Å². The Hall–Kier alpha value is -2.67. The van der Waals surface area contributed by atoms with Crippen molar-refractivity contribution in [1.82, 2.24) is 0 Å². The number of benzene rings is 2. The lowest BCUT2D eigenvalue weighted by Gasteiger charge is -2.30. The maximum absolute atomic E-state index is 13.2. The van der Waals surface area contributed by atoms with Crippen molar-refractivity contribution < 1.29 is 27.2 Å². The number of nitrogens with zero attached hydrogens (tertiary/aromatic N) is 1. The molecule has 3 nitrogen and oxygen atoms in total. The zero-order valence-electron chi connectivity index (χ0n) is 14.5. The summed E-state index contributed by atoms with van der Waals surface area (Å²) in [5, 5.41) is 1.42. The van der Waals surface area contributed by atoms with Crippen molar-refractivity contribution in [3.63, 3.8) is 0 Å². The molecule has 0 N–H and O–H groups in total. The van der Waals surface area contributed by atoms with Crippen LogP contribution in [0.25, 0.3) is 0 Å². The SMILES string of the molecule is CON(C1=CC(=O)CC(c2ccc(C(F)(F)F)cc2)C1)c1ccc(F)cc1. The average molecular weight is 379 g/mol. The van der Waals surface area contributed by atoms with Gasteiger partial charge in [-0.15, -0.1) is 0 Å². The lowest BCUT2D eigenvalue weighted by Crippen LogP contribution is -2.26. The van der Waals surface area contributed by atoms with Gasteiger partial charge in [0.25, 0.3) is 0 Å². The van der Waals surface area contributed by atoms with Gasteiger partial charge in [-0.1, -0.05) is 12.1 Å². The van der Waals surface area contributed by atoms with E-state index in [9.17, 15) is 22.4 Å². The molecule has 3 rings (SSSR count). The average Bonchev–Trinajstić information content (AvgIpc) is 2.63. The van der Waals surface area contributed by atoms with E-state index in [2.05, 4.69) is 0 Å². The highest BCUT2D eigenvalue weighted by atomic mass is 19.4. The molecule has 1 aliphatic rings. The summed E-state index contributed by atoms with van der Waals surface area (Å²) in [4.78, 5) is 17.5. The number of hydrogen-bond acceptors (Lipinski definition) is 3. The van der Waals surface area contributed by atoms with Crippen LogP contribution < -0.4 is 5.06 Å². The van der Waals surface area contributed by atoms with Crippen molar-refractivity contribution in [3.8, 4) is 0 Å². The molecule has 1 atom stereocenters. The van der Waals surface area contributed by atoms with Crippen LogP contribution in [0.15, 0.2) is 60.3 Å². The molecule has 1 aliphatic carbocycles. The normalized spacial score (nSPS) is 17.6. The number of anilines is 1. The Kier molecular flexibility index (Phi) is 5.32. The standard InChI is InChI=1S/C20H17F4NO2/c1-27-25(17-8-6-16(21)7-9-17)18-10-14(11-19(26)12-18)13-2-4-15(5-3-13)20(22,23)24/h2-9,12,14H,10-11H2,1H3. The van der Waals surface area contributed by atoms with Crippen LogP contribution in [0.3, 0.4) is 0 Å². The zero-order valence-corrected chi connectivity index (χ0v) is 14.5. The maximum Gasteiger partial charge on any atom is 0.416 e. The summed E-state index contributed by atoms with van der Waals surface area (Å²) >= 11 is 0. The molecule has 2 aromatic rings. The monoisotopic (exact) mass is 379 g/mol. The number of carbonyl (C=O) groups excluding carboxylic acids is 1. The molecule has 0 spiro atoms. The number of carbonyl (C=O) groups is 1. The molecule has 7 heteroatoms. The highest BCUT2D eigenvalue weighted by Crippen LogP contribution is 2.36. The van der Waals surface area contributed by atoms with E-state index in [0.29, 0.717) is 23.4 Å². The fraction of sp³-hybridized carbons (Fsp3) is 0.250. The van der Waals surface area contributed by atoms with Gasteiger partial charge in [-0.25, -0.2) is 9.45 Å². The van der Waals surface area contributed by atoms with Gasteiger partial charge in [0.15, 0.2) is 5.78 Å². The van der Waals surface area contributed by atoms with Crippen molar-refractivity contribution >= 4 is 11.5 Å². The molecule has 0 radical (unpaired) electrons. The molecule has 142 valence electrons. The second kappa shape index (κ2) is 7.52. The summed E-state index contributed by atoms with van der Waals surface area (Å²) < 4.78 is 51.4. The summed E-state index contributed by atoms with van der Waals surface area (Å²) in [6.45, 7) is 0. The lowest BCUT2D eigenvalue weighted by molar-refractivity contribution is -0.137. The molecule has 0 heterocycles. The molecule has 2 aromatic carbocycles. The second-order valence-electron chi connectivity index (χ2n) is 6.28. The van der Waals surface area contributed by atoms with Crippen molar-refractivity contribution in [2.45, 2.75) is 24.9 Å². The van der Waals surface area contributed by atoms with Gasteiger partial charge in [0.2, 0.25) is 0 Å². The van der Waals surface area contributed by atoms with E-state index in [4.69, 9.17) is 4.84 Å². The van der Waals surface area contributed by atoms with E-state index >= 15 is 0 Å². The molecule has 0 amide bonds. The fourth-order valence-corrected chi connectivity index (χ4v) is 3.16. The highest BCUT2D eigenvalue weighted by Gasteiger charge is 2.31. The number of alkyl halides is 3. The first-order valence-corrected chi connectivity index (χ1v) is 8.28. The summed E-state index contributed by atoms with van der Waals surface area (Å²) in [6.07, 6.45) is -2.34. The topological polar surface area (TPSA) is 29.5 Å². The molecule has 0 bridgehead atoms. The van der Waals surface area contributed by atoms with Crippen LogP contribution in [0, 0.1) is 5.82 Å². The van der Waals surface area contributed by atoms with E-state index in [1.807, 2.05) is 0 Å². The lowest BCUT2D eigenvalue weighted by atomic mass is 9.85. The van der Waals surface area contributed by atoms with Gasteiger partial charge < -0.3 is 0 Å². The smallest absolute Gasteiger partial charge is 0.295 e. The zero-order chi connectivity index (χ0) is 19.6. The molecule has 0 saturated heterocycles. The van der Waals surface area contributed by atoms with E-state index in [1.54, 1.807) is 0 Å². The summed E-state index contributed by atoms with van der Waals surface area (Å²) in [5.41, 5.74) is 1.03. The Morgan fingerprint density at radius 1 is 1.00 bits per heavy atom. The molecule has 0 saturated carbocycles.